The van der Waals surface area contributed by atoms with E-state index < -0.39 is 0 Å². The third kappa shape index (κ3) is 5.59. The number of amides is 3. The van der Waals surface area contributed by atoms with Crippen molar-refractivity contribution in [3.05, 3.63) is 28.2 Å². The van der Waals surface area contributed by atoms with Gasteiger partial charge in [-0.25, -0.2) is 0 Å². The van der Waals surface area contributed by atoms with Gasteiger partial charge in [-0.3, -0.25) is 14.4 Å². The molecule has 0 spiro atoms. The summed E-state index contributed by atoms with van der Waals surface area (Å²) in [6.45, 7) is 5.06. The third-order valence-corrected chi connectivity index (χ3v) is 5.31. The average molecular weight is 414 g/mol. The number of hydrogen-bond acceptors (Lipinski definition) is 3. The second kappa shape index (κ2) is 9.95. The van der Waals surface area contributed by atoms with Gasteiger partial charge in [-0.1, -0.05) is 36.2 Å². The van der Waals surface area contributed by atoms with E-state index in [1.165, 1.54) is 4.90 Å². The fraction of sp³-hybridized carbons (Fsp3) is 0.526. The maximum absolute atomic E-state index is 12.9. The van der Waals surface area contributed by atoms with Crippen LogP contribution < -0.4 is 5.32 Å². The molecule has 6 nitrogen and oxygen atoms in total. The molecule has 2 rings (SSSR count). The average Bonchev–Trinajstić information content (AvgIpc) is 2.68. The highest BCUT2D eigenvalue weighted by atomic mass is 35.5. The lowest BCUT2D eigenvalue weighted by molar-refractivity contribution is -0.142. The molecule has 1 aromatic carbocycles. The number of likely N-dealkylation sites (N-methyl/N-ethyl adjacent to an activating group) is 1. The van der Waals surface area contributed by atoms with E-state index in [4.69, 9.17) is 23.2 Å². The van der Waals surface area contributed by atoms with Crippen molar-refractivity contribution in [3.63, 3.8) is 0 Å². The van der Waals surface area contributed by atoms with Gasteiger partial charge in [0.2, 0.25) is 17.7 Å². The van der Waals surface area contributed by atoms with E-state index in [0.717, 1.165) is 12.8 Å². The zero-order valence-electron chi connectivity index (χ0n) is 15.6. The van der Waals surface area contributed by atoms with E-state index in [1.807, 2.05) is 13.8 Å². The molecule has 1 atom stereocenters. The largest absolute Gasteiger partial charge is 0.342 e. The van der Waals surface area contributed by atoms with Gasteiger partial charge in [0.25, 0.3) is 0 Å². The number of likely N-dealkylation sites (tertiary alicyclic amines) is 1. The molecule has 0 radical (unpaired) electrons. The standard InChI is InChI=1S/C19H25Cl2N3O3/c1-3-17(26)24-10-6-7-13(11-24)19(27)23(4-2)12-16(25)22-18-14(20)8-5-9-15(18)21/h5,8-9,13H,3-4,6-7,10-12H2,1-2H3,(H,22,25). The first-order valence-corrected chi connectivity index (χ1v) is 9.93. The van der Waals surface area contributed by atoms with Gasteiger partial charge in [-0.05, 0) is 31.9 Å². The number of hydrogen-bond donors (Lipinski definition) is 1. The number of nitrogens with zero attached hydrogens (tertiary/aromatic N) is 2. The highest BCUT2D eigenvalue weighted by Crippen LogP contribution is 2.29. The fourth-order valence-electron chi connectivity index (χ4n) is 3.20. The number of carbonyl (C=O) groups excluding carboxylic acids is 3. The van der Waals surface area contributed by atoms with Crippen LogP contribution in [0.1, 0.15) is 33.1 Å². The second-order valence-electron chi connectivity index (χ2n) is 6.53. The van der Waals surface area contributed by atoms with E-state index >= 15 is 0 Å². The SMILES string of the molecule is CCC(=O)N1CCCC(C(=O)N(CC)CC(=O)Nc2c(Cl)cccc2Cl)C1. The van der Waals surface area contributed by atoms with Crippen molar-refractivity contribution in [1.82, 2.24) is 9.80 Å². The van der Waals surface area contributed by atoms with E-state index in [9.17, 15) is 14.4 Å². The monoisotopic (exact) mass is 413 g/mol. The van der Waals surface area contributed by atoms with Crippen LogP contribution >= 0.6 is 23.2 Å². The number of carbonyl (C=O) groups is 3. The van der Waals surface area contributed by atoms with Gasteiger partial charge in [0.15, 0.2) is 0 Å². The predicted octanol–water partition coefficient (Wildman–Crippen LogP) is 3.43. The minimum absolute atomic E-state index is 0.0571. The van der Waals surface area contributed by atoms with Crippen LogP contribution in [0, 0.1) is 5.92 Å². The van der Waals surface area contributed by atoms with Crippen molar-refractivity contribution in [3.8, 4) is 0 Å². The van der Waals surface area contributed by atoms with Crippen LogP contribution in [-0.4, -0.2) is 53.7 Å². The maximum atomic E-state index is 12.9. The van der Waals surface area contributed by atoms with Crippen LogP contribution in [-0.2, 0) is 14.4 Å². The Hall–Kier alpha value is -1.79. The van der Waals surface area contributed by atoms with Crippen LogP contribution in [0.4, 0.5) is 5.69 Å². The summed E-state index contributed by atoms with van der Waals surface area (Å²) in [6.07, 6.45) is 1.95. The summed E-state index contributed by atoms with van der Waals surface area (Å²) >= 11 is 12.1. The summed E-state index contributed by atoms with van der Waals surface area (Å²) in [5, 5.41) is 3.35. The van der Waals surface area contributed by atoms with Crippen LogP contribution in [0.25, 0.3) is 0 Å². The van der Waals surface area contributed by atoms with Crippen molar-refractivity contribution >= 4 is 46.6 Å². The van der Waals surface area contributed by atoms with Crippen molar-refractivity contribution in [2.24, 2.45) is 5.92 Å². The van der Waals surface area contributed by atoms with Crippen LogP contribution in [0.2, 0.25) is 10.0 Å². The lowest BCUT2D eigenvalue weighted by Crippen LogP contribution is -2.48. The molecular weight excluding hydrogens is 389 g/mol. The van der Waals surface area contributed by atoms with Crippen LogP contribution in [0.15, 0.2) is 18.2 Å². The molecule has 27 heavy (non-hydrogen) atoms. The van der Waals surface area contributed by atoms with Gasteiger partial charge in [0.05, 0.1) is 28.2 Å². The van der Waals surface area contributed by atoms with E-state index in [1.54, 1.807) is 23.1 Å². The number of anilines is 1. The Bertz CT molecular complexity index is 691. The maximum Gasteiger partial charge on any atom is 0.244 e. The highest BCUT2D eigenvalue weighted by Gasteiger charge is 2.31. The minimum Gasteiger partial charge on any atom is -0.342 e. The Morgan fingerprint density at radius 3 is 2.48 bits per heavy atom. The highest BCUT2D eigenvalue weighted by molar-refractivity contribution is 6.39. The van der Waals surface area contributed by atoms with Crippen molar-refractivity contribution < 1.29 is 14.4 Å². The molecule has 1 saturated heterocycles. The normalized spacial score (nSPS) is 16.7. The first-order valence-electron chi connectivity index (χ1n) is 9.17. The molecular formula is C19H25Cl2N3O3. The number of halogens is 2. The summed E-state index contributed by atoms with van der Waals surface area (Å²) in [7, 11) is 0. The Kier molecular flexibility index (Phi) is 7.92. The number of benzene rings is 1. The molecule has 0 aromatic heterocycles. The van der Waals surface area contributed by atoms with Gasteiger partial charge in [-0.2, -0.15) is 0 Å². The van der Waals surface area contributed by atoms with Gasteiger partial charge in [0.1, 0.15) is 0 Å². The summed E-state index contributed by atoms with van der Waals surface area (Å²) in [4.78, 5) is 40.4. The zero-order valence-corrected chi connectivity index (χ0v) is 17.1. The predicted molar refractivity (Wildman–Crippen MR) is 107 cm³/mol. The van der Waals surface area contributed by atoms with Gasteiger partial charge < -0.3 is 15.1 Å². The minimum atomic E-state index is -0.363. The molecule has 1 fully saturated rings. The summed E-state index contributed by atoms with van der Waals surface area (Å²) in [5.74, 6) is -0.684. The summed E-state index contributed by atoms with van der Waals surface area (Å²) < 4.78 is 0. The van der Waals surface area contributed by atoms with Gasteiger partial charge in [-0.15, -0.1) is 0 Å². The molecule has 1 N–H and O–H groups in total. The van der Waals surface area contributed by atoms with Gasteiger partial charge >= 0.3 is 0 Å². The molecule has 0 bridgehead atoms. The Morgan fingerprint density at radius 2 is 1.89 bits per heavy atom. The van der Waals surface area contributed by atoms with E-state index in [2.05, 4.69) is 5.32 Å². The Morgan fingerprint density at radius 1 is 1.22 bits per heavy atom. The fourth-order valence-corrected chi connectivity index (χ4v) is 3.69. The second-order valence-corrected chi connectivity index (χ2v) is 7.34. The number of para-hydroxylation sites is 1. The molecule has 1 aromatic rings. The van der Waals surface area contributed by atoms with Crippen molar-refractivity contribution in [1.29, 1.82) is 0 Å². The van der Waals surface area contributed by atoms with Crippen LogP contribution in [0.5, 0.6) is 0 Å². The topological polar surface area (TPSA) is 69.7 Å². The first-order chi connectivity index (χ1) is 12.9. The quantitative estimate of drug-likeness (QED) is 0.776. The zero-order chi connectivity index (χ0) is 20.0. The van der Waals surface area contributed by atoms with Crippen molar-refractivity contribution in [2.75, 3.05) is 31.5 Å². The molecule has 1 aliphatic heterocycles. The lowest BCUT2D eigenvalue weighted by Gasteiger charge is -2.34. The van der Waals surface area contributed by atoms with Gasteiger partial charge in [0, 0.05) is 26.1 Å². The first kappa shape index (κ1) is 21.5. The van der Waals surface area contributed by atoms with Crippen molar-refractivity contribution in [2.45, 2.75) is 33.1 Å². The van der Waals surface area contributed by atoms with Crippen LogP contribution in [0.3, 0.4) is 0 Å². The molecule has 1 heterocycles. The van der Waals surface area contributed by atoms with E-state index in [-0.39, 0.29) is 30.2 Å². The summed E-state index contributed by atoms with van der Waals surface area (Å²) in [5.41, 5.74) is 0.340. The molecule has 3 amide bonds. The number of nitrogens with one attached hydrogen (secondary N) is 1. The Labute approximate surface area is 169 Å². The number of rotatable bonds is 6. The molecule has 0 aliphatic carbocycles. The van der Waals surface area contributed by atoms with E-state index in [0.29, 0.717) is 41.8 Å². The molecule has 148 valence electrons. The Balaban J connectivity index is 2.00. The molecule has 0 saturated carbocycles. The summed E-state index contributed by atoms with van der Waals surface area (Å²) in [6, 6.07) is 4.95. The molecule has 1 aliphatic rings. The number of piperidine rings is 1. The lowest BCUT2D eigenvalue weighted by atomic mass is 9.96. The third-order valence-electron chi connectivity index (χ3n) is 4.68. The molecule has 8 heteroatoms. The molecule has 1 unspecified atom stereocenters. The smallest absolute Gasteiger partial charge is 0.244 e.